The summed E-state index contributed by atoms with van der Waals surface area (Å²) in [7, 11) is 3.07. The molecule has 1 unspecified atom stereocenters. The largest absolute Gasteiger partial charge is 0.497 e. The number of anilines is 1. The molecule has 0 spiro atoms. The number of carbonyl (C=O) groups excluding carboxylic acids is 1. The van der Waals surface area contributed by atoms with Crippen LogP contribution in [-0.2, 0) is 0 Å². The molecule has 134 valence electrons. The Labute approximate surface area is 155 Å². The lowest BCUT2D eigenvalue weighted by Crippen LogP contribution is -2.32. The second-order valence-corrected chi connectivity index (χ2v) is 6.33. The highest BCUT2D eigenvalue weighted by atomic mass is 79.9. The lowest BCUT2D eigenvalue weighted by atomic mass is 10.1. The molecule has 0 aromatic heterocycles. The van der Waals surface area contributed by atoms with E-state index in [1.54, 1.807) is 31.4 Å². The highest BCUT2D eigenvalue weighted by molar-refractivity contribution is 9.10. The normalized spacial score (nSPS) is 11.6. The predicted molar refractivity (Wildman–Crippen MR) is 100 cm³/mol. The highest BCUT2D eigenvalue weighted by Gasteiger charge is 2.16. The fourth-order valence-electron chi connectivity index (χ4n) is 2.33. The standard InChI is InChI=1S/C18H21BrN2O4/c1-11-8-12(19)4-6-15(11)21-18(23)20-10-16(22)14-9-13(24-2)5-7-17(14)25-3/h4-9,16,22H,10H2,1-3H3,(H2,20,21,23). The molecule has 1 atom stereocenters. The molecule has 3 N–H and O–H groups in total. The zero-order valence-corrected chi connectivity index (χ0v) is 15.9. The number of aliphatic hydroxyl groups is 1. The van der Waals surface area contributed by atoms with Crippen molar-refractivity contribution in [1.82, 2.24) is 5.32 Å². The minimum Gasteiger partial charge on any atom is -0.497 e. The van der Waals surface area contributed by atoms with Crippen LogP contribution in [0, 0.1) is 6.92 Å². The van der Waals surface area contributed by atoms with Crippen molar-refractivity contribution < 1.29 is 19.4 Å². The monoisotopic (exact) mass is 408 g/mol. The molecule has 0 fully saturated rings. The van der Waals surface area contributed by atoms with Crippen LogP contribution in [0.1, 0.15) is 17.2 Å². The summed E-state index contributed by atoms with van der Waals surface area (Å²) in [5, 5.41) is 15.8. The van der Waals surface area contributed by atoms with Crippen LogP contribution in [0.25, 0.3) is 0 Å². The van der Waals surface area contributed by atoms with Crippen LogP contribution in [0.5, 0.6) is 11.5 Å². The van der Waals surface area contributed by atoms with Crippen molar-refractivity contribution in [2.45, 2.75) is 13.0 Å². The molecule has 0 aliphatic carbocycles. The van der Waals surface area contributed by atoms with Gasteiger partial charge in [0.1, 0.15) is 17.6 Å². The van der Waals surface area contributed by atoms with Gasteiger partial charge < -0.3 is 25.2 Å². The summed E-state index contributed by atoms with van der Waals surface area (Å²) in [5.41, 5.74) is 2.18. The van der Waals surface area contributed by atoms with Crippen LogP contribution in [0.15, 0.2) is 40.9 Å². The second-order valence-electron chi connectivity index (χ2n) is 5.42. The van der Waals surface area contributed by atoms with E-state index in [4.69, 9.17) is 9.47 Å². The van der Waals surface area contributed by atoms with E-state index in [9.17, 15) is 9.90 Å². The van der Waals surface area contributed by atoms with Gasteiger partial charge >= 0.3 is 6.03 Å². The number of aliphatic hydroxyl groups excluding tert-OH is 1. The van der Waals surface area contributed by atoms with Gasteiger partial charge in [-0.25, -0.2) is 4.79 Å². The summed E-state index contributed by atoms with van der Waals surface area (Å²) in [6.45, 7) is 1.93. The first-order valence-corrected chi connectivity index (χ1v) is 8.45. The number of nitrogens with one attached hydrogen (secondary N) is 2. The SMILES string of the molecule is COc1ccc(OC)c(C(O)CNC(=O)Nc2ccc(Br)cc2C)c1. The van der Waals surface area contributed by atoms with Gasteiger partial charge in [-0.05, 0) is 48.9 Å². The summed E-state index contributed by atoms with van der Waals surface area (Å²) in [5.74, 6) is 1.13. The summed E-state index contributed by atoms with van der Waals surface area (Å²) in [4.78, 5) is 12.1. The molecule has 7 heteroatoms. The van der Waals surface area contributed by atoms with Crippen molar-refractivity contribution in [3.63, 3.8) is 0 Å². The Morgan fingerprint density at radius 3 is 2.60 bits per heavy atom. The number of hydrogen-bond acceptors (Lipinski definition) is 4. The van der Waals surface area contributed by atoms with Crippen molar-refractivity contribution in [2.24, 2.45) is 0 Å². The van der Waals surface area contributed by atoms with Crippen molar-refractivity contribution in [1.29, 1.82) is 0 Å². The minimum atomic E-state index is -0.929. The summed E-state index contributed by atoms with van der Waals surface area (Å²) < 4.78 is 11.3. The van der Waals surface area contributed by atoms with Gasteiger partial charge in [0.05, 0.1) is 14.2 Å². The van der Waals surface area contributed by atoms with Gasteiger partial charge in [-0.15, -0.1) is 0 Å². The first-order valence-electron chi connectivity index (χ1n) is 7.65. The van der Waals surface area contributed by atoms with Gasteiger partial charge in [-0.2, -0.15) is 0 Å². The van der Waals surface area contributed by atoms with E-state index in [1.165, 1.54) is 7.11 Å². The fraction of sp³-hybridized carbons (Fsp3) is 0.278. The summed E-state index contributed by atoms with van der Waals surface area (Å²) in [6.07, 6.45) is -0.929. The van der Waals surface area contributed by atoms with Crippen LogP contribution in [0.4, 0.5) is 10.5 Å². The molecule has 2 amide bonds. The molecule has 25 heavy (non-hydrogen) atoms. The average Bonchev–Trinajstić information content (AvgIpc) is 2.61. The Hall–Kier alpha value is -2.25. The maximum absolute atomic E-state index is 12.1. The van der Waals surface area contributed by atoms with Gasteiger partial charge in [0.15, 0.2) is 0 Å². The molecular weight excluding hydrogens is 388 g/mol. The highest BCUT2D eigenvalue weighted by Crippen LogP contribution is 2.29. The number of amides is 2. The molecule has 0 saturated heterocycles. The van der Waals surface area contributed by atoms with Crippen molar-refractivity contribution in [3.05, 3.63) is 52.0 Å². The third-order valence-electron chi connectivity index (χ3n) is 3.69. The third-order valence-corrected chi connectivity index (χ3v) is 4.18. The molecule has 2 rings (SSSR count). The number of hydrogen-bond donors (Lipinski definition) is 3. The van der Waals surface area contributed by atoms with Gasteiger partial charge in [-0.1, -0.05) is 15.9 Å². The van der Waals surface area contributed by atoms with E-state index >= 15 is 0 Å². The van der Waals surface area contributed by atoms with Gasteiger partial charge in [0.25, 0.3) is 0 Å². The summed E-state index contributed by atoms with van der Waals surface area (Å²) in [6, 6.07) is 10.3. The second kappa shape index (κ2) is 8.73. The fourth-order valence-corrected chi connectivity index (χ4v) is 2.81. The van der Waals surface area contributed by atoms with Crippen LogP contribution < -0.4 is 20.1 Å². The molecule has 0 aliphatic rings. The maximum atomic E-state index is 12.1. The molecule has 0 aliphatic heterocycles. The Bertz CT molecular complexity index is 752. The number of rotatable bonds is 6. The zero-order valence-electron chi connectivity index (χ0n) is 14.3. The lowest BCUT2D eigenvalue weighted by molar-refractivity contribution is 0.170. The number of carbonyl (C=O) groups is 1. The number of ether oxygens (including phenoxy) is 2. The lowest BCUT2D eigenvalue weighted by Gasteiger charge is -2.17. The van der Waals surface area contributed by atoms with E-state index in [2.05, 4.69) is 26.6 Å². The number of urea groups is 1. The van der Waals surface area contributed by atoms with Crippen LogP contribution in [0.2, 0.25) is 0 Å². The van der Waals surface area contributed by atoms with E-state index in [0.717, 1.165) is 10.0 Å². The molecule has 0 saturated carbocycles. The van der Waals surface area contributed by atoms with Crippen LogP contribution in [-0.4, -0.2) is 31.9 Å². The molecule has 0 bridgehead atoms. The smallest absolute Gasteiger partial charge is 0.319 e. The Balaban J connectivity index is 1.99. The van der Waals surface area contributed by atoms with E-state index < -0.39 is 12.1 Å². The van der Waals surface area contributed by atoms with Crippen molar-refractivity contribution in [2.75, 3.05) is 26.1 Å². The number of methoxy groups -OCH3 is 2. The van der Waals surface area contributed by atoms with Gasteiger partial charge in [0.2, 0.25) is 0 Å². The van der Waals surface area contributed by atoms with Crippen molar-refractivity contribution in [3.8, 4) is 11.5 Å². The molecule has 0 radical (unpaired) electrons. The topological polar surface area (TPSA) is 79.8 Å². The number of aryl methyl sites for hydroxylation is 1. The molecular formula is C18H21BrN2O4. The maximum Gasteiger partial charge on any atom is 0.319 e. The molecule has 0 heterocycles. The first-order chi connectivity index (χ1) is 11.9. The van der Waals surface area contributed by atoms with Crippen LogP contribution >= 0.6 is 15.9 Å². The zero-order chi connectivity index (χ0) is 18.4. The Morgan fingerprint density at radius 1 is 1.20 bits per heavy atom. The molecule has 6 nitrogen and oxygen atoms in total. The van der Waals surface area contributed by atoms with Crippen molar-refractivity contribution >= 4 is 27.6 Å². The Morgan fingerprint density at radius 2 is 1.96 bits per heavy atom. The number of benzene rings is 2. The first kappa shape index (κ1) is 19.1. The van der Waals surface area contributed by atoms with E-state index in [1.807, 2.05) is 19.1 Å². The molecule has 2 aromatic rings. The summed E-state index contributed by atoms with van der Waals surface area (Å²) >= 11 is 3.38. The number of halogens is 1. The van der Waals surface area contributed by atoms with E-state index in [0.29, 0.717) is 22.7 Å². The predicted octanol–water partition coefficient (Wildman–Crippen LogP) is 3.63. The van der Waals surface area contributed by atoms with Gasteiger partial charge in [-0.3, -0.25) is 0 Å². The minimum absolute atomic E-state index is 0.0327. The Kier molecular flexibility index (Phi) is 6.66. The van der Waals surface area contributed by atoms with E-state index in [-0.39, 0.29) is 6.54 Å². The van der Waals surface area contributed by atoms with Crippen LogP contribution in [0.3, 0.4) is 0 Å². The van der Waals surface area contributed by atoms with Gasteiger partial charge in [0, 0.05) is 22.3 Å². The quantitative estimate of drug-likeness (QED) is 0.681. The average molecular weight is 409 g/mol. The third kappa shape index (κ3) is 5.11. The molecule has 2 aromatic carbocycles.